The second kappa shape index (κ2) is 19.0. The van der Waals surface area contributed by atoms with Crippen molar-refractivity contribution in [2.75, 3.05) is 64.7 Å². The summed E-state index contributed by atoms with van der Waals surface area (Å²) in [6.07, 6.45) is 14.2. The smallest absolute Gasteiger partial charge is 0.253 e. The van der Waals surface area contributed by atoms with E-state index >= 15 is 4.39 Å². The monoisotopic (exact) mass is 861 g/mol. The summed E-state index contributed by atoms with van der Waals surface area (Å²) in [5.74, 6) is 0.693. The molecular formula is C49H65FN10O3. The van der Waals surface area contributed by atoms with E-state index in [4.69, 9.17) is 22.2 Å². The molecule has 1 unspecified atom stereocenters. The maximum Gasteiger partial charge on any atom is 0.253 e. The molecule has 3 aliphatic heterocycles. The number of hydrogen-bond acceptors (Lipinski definition) is 10. The van der Waals surface area contributed by atoms with E-state index in [1.165, 1.54) is 17.5 Å². The number of para-hydroxylation sites is 1. The number of fused-ring (bicyclic) bond motifs is 1. The van der Waals surface area contributed by atoms with Crippen LogP contribution in [0.5, 0.6) is 5.75 Å². The number of rotatable bonds is 13. The first-order valence-electron chi connectivity index (χ1n) is 22.9. The van der Waals surface area contributed by atoms with Gasteiger partial charge in [0.25, 0.3) is 5.91 Å². The Morgan fingerprint density at radius 2 is 1.68 bits per heavy atom. The highest BCUT2D eigenvalue weighted by atomic mass is 19.1. The van der Waals surface area contributed by atoms with Crippen LogP contribution in [0.3, 0.4) is 0 Å². The van der Waals surface area contributed by atoms with E-state index in [-0.39, 0.29) is 29.3 Å². The number of aromatic nitrogens is 2. The van der Waals surface area contributed by atoms with E-state index in [1.54, 1.807) is 30.5 Å². The van der Waals surface area contributed by atoms with Gasteiger partial charge in [-0.3, -0.25) is 14.6 Å². The summed E-state index contributed by atoms with van der Waals surface area (Å²) in [6.45, 7) is 6.92. The zero-order valence-electron chi connectivity index (χ0n) is 36.9. The van der Waals surface area contributed by atoms with Gasteiger partial charge in [0.15, 0.2) is 0 Å². The van der Waals surface area contributed by atoms with Crippen LogP contribution in [-0.2, 0) is 4.79 Å². The molecule has 63 heavy (non-hydrogen) atoms. The predicted molar refractivity (Wildman–Crippen MR) is 248 cm³/mol. The summed E-state index contributed by atoms with van der Waals surface area (Å²) in [5, 5.41) is 16.4. The van der Waals surface area contributed by atoms with Crippen LogP contribution >= 0.6 is 0 Å². The predicted octanol–water partition coefficient (Wildman–Crippen LogP) is 6.41. The van der Waals surface area contributed by atoms with E-state index < -0.39 is 5.67 Å². The van der Waals surface area contributed by atoms with Crippen LogP contribution in [0.1, 0.15) is 115 Å². The lowest BCUT2D eigenvalue weighted by Crippen LogP contribution is -2.51. The third-order valence-corrected chi connectivity index (χ3v) is 14.1. The molecule has 4 aliphatic rings. The average molecular weight is 861 g/mol. The van der Waals surface area contributed by atoms with Crippen LogP contribution in [0.25, 0.3) is 16.7 Å². The van der Waals surface area contributed by atoms with Crippen molar-refractivity contribution in [3.8, 4) is 5.75 Å². The fourth-order valence-electron chi connectivity index (χ4n) is 10.2. The minimum atomic E-state index is -1.34. The number of likely N-dealkylation sites (tertiary alicyclic amines) is 3. The lowest BCUT2D eigenvalue weighted by atomic mass is 9.86. The van der Waals surface area contributed by atoms with E-state index in [9.17, 15) is 14.7 Å². The molecular weight excluding hydrogens is 796 g/mol. The van der Waals surface area contributed by atoms with Crippen molar-refractivity contribution < 1.29 is 19.1 Å². The molecule has 2 aromatic heterocycles. The number of carbonyl (C=O) groups excluding carboxylic acids is 2. The molecule has 4 fully saturated rings. The summed E-state index contributed by atoms with van der Waals surface area (Å²) in [4.78, 5) is 37.4. The molecule has 5 heterocycles. The highest BCUT2D eigenvalue weighted by Crippen LogP contribution is 2.41. The number of nitrogens with zero attached hydrogens (tertiary/aromatic N) is 5. The summed E-state index contributed by atoms with van der Waals surface area (Å²) in [7, 11) is 1.84. The molecule has 8 rings (SSSR count). The average Bonchev–Trinajstić information content (AvgIpc) is 3.62. The molecule has 4 aromatic rings. The number of nitrogens with one attached hydrogen (secondary N) is 2. The van der Waals surface area contributed by atoms with Crippen LogP contribution in [0, 0.1) is 6.92 Å². The molecule has 0 spiro atoms. The van der Waals surface area contributed by atoms with Gasteiger partial charge in [0.1, 0.15) is 17.2 Å². The van der Waals surface area contributed by atoms with Gasteiger partial charge < -0.3 is 52.2 Å². The van der Waals surface area contributed by atoms with Crippen molar-refractivity contribution in [3.63, 3.8) is 0 Å². The highest BCUT2D eigenvalue weighted by molar-refractivity contribution is 5.95. The van der Waals surface area contributed by atoms with Crippen LogP contribution in [-0.4, -0.2) is 106 Å². The summed E-state index contributed by atoms with van der Waals surface area (Å²) >= 11 is 0. The number of halogens is 1. The fourth-order valence-corrected chi connectivity index (χ4v) is 10.2. The van der Waals surface area contributed by atoms with Crippen LogP contribution in [0.15, 0.2) is 78.5 Å². The number of hydrogen-bond donors (Lipinski definition) is 6. The van der Waals surface area contributed by atoms with Gasteiger partial charge in [0.05, 0.1) is 28.6 Å². The molecule has 9 N–H and O–H groups in total. The molecule has 14 heteroatoms. The standard InChI is InChI=1S/C49H65FN10O3/c1-32-25-34(12-13-38(32)35-7-6-20-59(29-35)43(47(52)53)27-41(51)39-10-3-4-11-44(39)61)48(63)58-23-17-49(50,18-24-58)31-57-21-15-33(16-22-57)40-30-60(37-8-5-9-37)42-26-36(28-55-46(40)42)56-45(62)14-19-54-2/h3-4,10-13,25-28,30,33,35,37,54,61H,5-9,14-24,29,31,51-53H2,1-2H3,(H,56,62)/b41-27-. The zero-order valence-corrected chi connectivity index (χ0v) is 36.9. The fraction of sp³-hybridized carbons (Fsp3) is 0.490. The van der Waals surface area contributed by atoms with Gasteiger partial charge >= 0.3 is 0 Å². The maximum absolute atomic E-state index is 16.5. The van der Waals surface area contributed by atoms with Crippen LogP contribution in [0.4, 0.5) is 10.1 Å². The van der Waals surface area contributed by atoms with Crippen LogP contribution < -0.4 is 27.8 Å². The number of phenols is 1. The minimum Gasteiger partial charge on any atom is -0.507 e. The minimum absolute atomic E-state index is 0.0289. The third-order valence-electron chi connectivity index (χ3n) is 14.1. The number of allylic oxidation sites excluding steroid dienone is 1. The molecule has 0 radical (unpaired) electrons. The molecule has 336 valence electrons. The van der Waals surface area contributed by atoms with E-state index in [0.717, 1.165) is 80.4 Å². The first-order valence-corrected chi connectivity index (χ1v) is 22.9. The number of benzene rings is 2. The second-order valence-corrected chi connectivity index (χ2v) is 18.4. The van der Waals surface area contributed by atoms with Crippen molar-refractivity contribution >= 4 is 34.2 Å². The molecule has 0 bridgehead atoms. The summed E-state index contributed by atoms with van der Waals surface area (Å²) < 4.78 is 18.9. The lowest BCUT2D eigenvalue weighted by Gasteiger charge is -2.41. The van der Waals surface area contributed by atoms with Crippen molar-refractivity contribution in [2.45, 2.75) is 94.7 Å². The normalized spacial score (nSPS) is 20.1. The summed E-state index contributed by atoms with van der Waals surface area (Å²) in [5.41, 5.74) is 25.9. The second-order valence-electron chi connectivity index (χ2n) is 18.4. The number of anilines is 1. The number of aromatic hydroxyl groups is 1. The topological polar surface area (TPSA) is 184 Å². The summed E-state index contributed by atoms with van der Waals surface area (Å²) in [6, 6.07) is 15.4. The molecule has 3 saturated heterocycles. The van der Waals surface area contributed by atoms with E-state index in [0.29, 0.717) is 86.5 Å². The Hall–Kier alpha value is -5.60. The van der Waals surface area contributed by atoms with Gasteiger partial charge in [0, 0.05) is 93.5 Å². The number of alkyl halides is 1. The Morgan fingerprint density at radius 1 is 0.921 bits per heavy atom. The number of carbonyl (C=O) groups is 2. The van der Waals surface area contributed by atoms with Crippen molar-refractivity contribution in [3.05, 3.63) is 106 Å². The largest absolute Gasteiger partial charge is 0.507 e. The quantitative estimate of drug-likeness (QED) is 0.0822. The molecule has 1 saturated carbocycles. The van der Waals surface area contributed by atoms with Crippen molar-refractivity contribution in [2.24, 2.45) is 17.2 Å². The molecule has 13 nitrogen and oxygen atoms in total. The first kappa shape index (κ1) is 44.0. The number of phenolic OH excluding ortho intramolecular Hbond substituents is 1. The molecule has 2 amide bonds. The Balaban J connectivity index is 0.847. The first-order chi connectivity index (χ1) is 30.4. The Kier molecular flexibility index (Phi) is 13.3. The van der Waals surface area contributed by atoms with Gasteiger partial charge in [-0.1, -0.05) is 18.2 Å². The van der Waals surface area contributed by atoms with E-state index in [1.807, 2.05) is 30.1 Å². The number of amides is 2. The molecule has 2 aromatic carbocycles. The van der Waals surface area contributed by atoms with Crippen molar-refractivity contribution in [1.29, 1.82) is 0 Å². The number of nitrogens with two attached hydrogens (primary N) is 3. The van der Waals surface area contributed by atoms with Gasteiger partial charge in [-0.25, -0.2) is 4.39 Å². The van der Waals surface area contributed by atoms with Gasteiger partial charge in [0.2, 0.25) is 5.91 Å². The van der Waals surface area contributed by atoms with Gasteiger partial charge in [-0.05, 0) is 131 Å². The Bertz CT molecular complexity index is 2350. The van der Waals surface area contributed by atoms with Crippen molar-refractivity contribution in [1.82, 2.24) is 29.6 Å². The number of piperidine rings is 3. The number of aryl methyl sites for hydroxylation is 1. The van der Waals surface area contributed by atoms with Gasteiger partial charge in [-0.15, -0.1) is 0 Å². The maximum atomic E-state index is 16.5. The van der Waals surface area contributed by atoms with Crippen LogP contribution in [0.2, 0.25) is 0 Å². The van der Waals surface area contributed by atoms with E-state index in [2.05, 4.69) is 50.3 Å². The lowest BCUT2D eigenvalue weighted by molar-refractivity contribution is -0.116. The highest BCUT2D eigenvalue weighted by Gasteiger charge is 2.39. The molecule has 1 atom stereocenters. The van der Waals surface area contributed by atoms with Gasteiger partial charge in [-0.2, -0.15) is 0 Å². The third kappa shape index (κ3) is 9.82. The SMILES string of the molecule is CNCCC(=O)Nc1cnc2c(C3CCN(CC4(F)CCN(C(=O)c5ccc(C6CCCN(C(/C=C(\N)c7ccccc7O)=C(N)N)C6)c(C)c5)CC4)CC3)cn(C3CCC3)c2c1. The Labute approximate surface area is 370 Å². The zero-order chi connectivity index (χ0) is 44.3. The Morgan fingerprint density at radius 3 is 2.37 bits per heavy atom. The molecule has 1 aliphatic carbocycles. The number of pyridine rings is 1.